The molecule has 0 aliphatic carbocycles. The molecule has 3 rings (SSSR count). The van der Waals surface area contributed by atoms with Gasteiger partial charge >= 0.3 is 0 Å². The molecule has 0 spiro atoms. The molecule has 0 unspecified atom stereocenters. The maximum atomic E-state index is 6.23. The van der Waals surface area contributed by atoms with Crippen LogP contribution in [-0.4, -0.2) is 24.2 Å². The van der Waals surface area contributed by atoms with Gasteiger partial charge < -0.3 is 9.47 Å². The van der Waals surface area contributed by atoms with Crippen molar-refractivity contribution in [2.75, 3.05) is 14.2 Å². The van der Waals surface area contributed by atoms with E-state index >= 15 is 0 Å². The van der Waals surface area contributed by atoms with E-state index in [1.54, 1.807) is 14.2 Å². The first-order valence-electron chi connectivity index (χ1n) is 5.85. The van der Waals surface area contributed by atoms with Crippen molar-refractivity contribution < 1.29 is 9.47 Å². The fourth-order valence-corrected chi connectivity index (χ4v) is 2.88. The zero-order valence-corrected chi connectivity index (χ0v) is 12.5. The molecule has 0 saturated carbocycles. The summed E-state index contributed by atoms with van der Waals surface area (Å²) in [5, 5.41) is 3.14. The molecule has 0 N–H and O–H groups in total. The fraction of sp³-hybridized carbons (Fsp3) is 0.143. The number of nitrogens with zero attached hydrogens (tertiary/aromatic N) is 2. The van der Waals surface area contributed by atoms with Gasteiger partial charge in [0.05, 0.1) is 24.6 Å². The van der Waals surface area contributed by atoms with Crippen LogP contribution in [0.2, 0.25) is 5.15 Å². The highest BCUT2D eigenvalue weighted by atomic mass is 35.5. The summed E-state index contributed by atoms with van der Waals surface area (Å²) in [5.74, 6) is 2.11. The van der Waals surface area contributed by atoms with Gasteiger partial charge in [0, 0.05) is 22.9 Å². The lowest BCUT2D eigenvalue weighted by Gasteiger charge is -2.05. The summed E-state index contributed by atoms with van der Waals surface area (Å²) >= 11 is 7.74. The largest absolute Gasteiger partial charge is 0.497 e. The minimum absolute atomic E-state index is 0.431. The van der Waals surface area contributed by atoms with Gasteiger partial charge in [-0.05, 0) is 12.1 Å². The minimum atomic E-state index is 0.431. The molecule has 3 aromatic rings. The van der Waals surface area contributed by atoms with Gasteiger partial charge in [0.1, 0.15) is 16.7 Å². The second kappa shape index (κ2) is 5.26. The van der Waals surface area contributed by atoms with E-state index in [0.717, 1.165) is 27.3 Å². The van der Waals surface area contributed by atoms with E-state index in [2.05, 4.69) is 9.97 Å². The Bertz CT molecular complexity index is 773. The Kier molecular flexibility index (Phi) is 3.46. The van der Waals surface area contributed by atoms with Crippen LogP contribution in [0.25, 0.3) is 21.6 Å². The summed E-state index contributed by atoms with van der Waals surface area (Å²) < 4.78 is 10.4. The highest BCUT2D eigenvalue weighted by Crippen LogP contribution is 2.32. The third-order valence-corrected chi connectivity index (χ3v) is 4.08. The van der Waals surface area contributed by atoms with Crippen molar-refractivity contribution in [1.82, 2.24) is 9.97 Å². The third kappa shape index (κ3) is 2.30. The van der Waals surface area contributed by atoms with Crippen molar-refractivity contribution in [3.8, 4) is 22.2 Å². The summed E-state index contributed by atoms with van der Waals surface area (Å²) in [6.45, 7) is 0. The molecule has 102 valence electrons. The van der Waals surface area contributed by atoms with Crippen molar-refractivity contribution in [2.45, 2.75) is 0 Å². The molecule has 0 atom stereocenters. The van der Waals surface area contributed by atoms with E-state index in [0.29, 0.717) is 11.0 Å². The zero-order valence-electron chi connectivity index (χ0n) is 10.9. The Morgan fingerprint density at radius 2 is 1.85 bits per heavy atom. The number of benzene rings is 1. The zero-order chi connectivity index (χ0) is 14.1. The molecule has 0 saturated heterocycles. The van der Waals surface area contributed by atoms with Crippen LogP contribution in [0, 0.1) is 0 Å². The molecule has 2 aromatic heterocycles. The molecule has 0 bridgehead atoms. The average Bonchev–Trinajstić information content (AvgIpc) is 2.95. The number of fused-ring (bicyclic) bond motifs is 1. The van der Waals surface area contributed by atoms with Crippen LogP contribution in [0.3, 0.4) is 0 Å². The standard InChI is InChI=1S/C14H11ClN2O2S/c1-18-8-3-4-10-11(5-8)16-14(17-13(10)15)12-6-9(19-2)7-20-12/h3-7H,1-2H3. The average molecular weight is 307 g/mol. The Labute approximate surface area is 125 Å². The van der Waals surface area contributed by atoms with Gasteiger partial charge in [-0.25, -0.2) is 9.97 Å². The van der Waals surface area contributed by atoms with E-state index < -0.39 is 0 Å². The lowest BCUT2D eigenvalue weighted by Crippen LogP contribution is -1.91. The first-order valence-corrected chi connectivity index (χ1v) is 7.11. The molecule has 6 heteroatoms. The molecule has 0 amide bonds. The first kappa shape index (κ1) is 13.1. The molecular weight excluding hydrogens is 296 g/mol. The molecule has 20 heavy (non-hydrogen) atoms. The number of halogens is 1. The highest BCUT2D eigenvalue weighted by Gasteiger charge is 2.11. The van der Waals surface area contributed by atoms with Crippen molar-refractivity contribution in [3.05, 3.63) is 34.8 Å². The van der Waals surface area contributed by atoms with Crippen molar-refractivity contribution in [2.24, 2.45) is 0 Å². The monoisotopic (exact) mass is 306 g/mol. The smallest absolute Gasteiger partial charge is 0.171 e. The highest BCUT2D eigenvalue weighted by molar-refractivity contribution is 7.13. The number of aromatic nitrogens is 2. The fourth-order valence-electron chi connectivity index (χ4n) is 1.85. The first-order chi connectivity index (χ1) is 9.71. The van der Waals surface area contributed by atoms with Crippen LogP contribution in [0.15, 0.2) is 29.6 Å². The van der Waals surface area contributed by atoms with Crippen molar-refractivity contribution in [3.63, 3.8) is 0 Å². The molecule has 0 aliphatic heterocycles. The predicted octanol–water partition coefficient (Wildman–Crippen LogP) is 4.03. The number of ether oxygens (including phenoxy) is 2. The van der Waals surface area contributed by atoms with Crippen LogP contribution in [-0.2, 0) is 0 Å². The summed E-state index contributed by atoms with van der Waals surface area (Å²) in [7, 11) is 3.25. The van der Waals surface area contributed by atoms with Gasteiger partial charge in [-0.15, -0.1) is 11.3 Å². The number of methoxy groups -OCH3 is 2. The second-order valence-electron chi connectivity index (χ2n) is 4.07. The Hall–Kier alpha value is -1.85. The quantitative estimate of drug-likeness (QED) is 0.685. The molecule has 0 radical (unpaired) electrons. The molecule has 4 nitrogen and oxygen atoms in total. The molecule has 0 aliphatic rings. The summed E-state index contributed by atoms with van der Waals surface area (Å²) in [5.41, 5.74) is 0.756. The van der Waals surface area contributed by atoms with Crippen LogP contribution in [0.4, 0.5) is 0 Å². The van der Waals surface area contributed by atoms with Gasteiger partial charge in [-0.3, -0.25) is 0 Å². The molecular formula is C14H11ClN2O2S. The molecule has 0 fully saturated rings. The van der Waals surface area contributed by atoms with Crippen LogP contribution >= 0.6 is 22.9 Å². The maximum Gasteiger partial charge on any atom is 0.171 e. The lowest BCUT2D eigenvalue weighted by atomic mass is 10.2. The van der Waals surface area contributed by atoms with Gasteiger partial charge in [0.2, 0.25) is 0 Å². The van der Waals surface area contributed by atoms with Gasteiger partial charge in [0.15, 0.2) is 5.82 Å². The second-order valence-corrected chi connectivity index (χ2v) is 5.34. The molecule has 2 heterocycles. The van der Waals surface area contributed by atoms with Gasteiger partial charge in [0.25, 0.3) is 0 Å². The third-order valence-electron chi connectivity index (χ3n) is 2.89. The van der Waals surface area contributed by atoms with Crippen LogP contribution in [0.5, 0.6) is 11.5 Å². The van der Waals surface area contributed by atoms with E-state index in [9.17, 15) is 0 Å². The molecule has 1 aromatic carbocycles. The summed E-state index contributed by atoms with van der Waals surface area (Å²) in [6.07, 6.45) is 0. The number of thiophene rings is 1. The minimum Gasteiger partial charge on any atom is -0.497 e. The van der Waals surface area contributed by atoms with Crippen molar-refractivity contribution in [1.29, 1.82) is 0 Å². The summed E-state index contributed by atoms with van der Waals surface area (Å²) in [6, 6.07) is 7.43. The normalized spacial score (nSPS) is 10.8. The van der Waals surface area contributed by atoms with E-state index in [1.165, 1.54) is 11.3 Å². The van der Waals surface area contributed by atoms with Gasteiger partial charge in [-0.1, -0.05) is 11.6 Å². The van der Waals surface area contributed by atoms with E-state index in [1.807, 2.05) is 29.6 Å². The predicted molar refractivity (Wildman–Crippen MR) is 81.0 cm³/mol. The van der Waals surface area contributed by atoms with Crippen molar-refractivity contribution >= 4 is 33.8 Å². The topological polar surface area (TPSA) is 44.2 Å². The Morgan fingerprint density at radius 3 is 2.55 bits per heavy atom. The Morgan fingerprint density at radius 1 is 1.05 bits per heavy atom. The van der Waals surface area contributed by atoms with E-state index in [-0.39, 0.29) is 0 Å². The SMILES string of the molecule is COc1csc(-c2nc(Cl)c3ccc(OC)cc3n2)c1. The number of hydrogen-bond donors (Lipinski definition) is 0. The maximum absolute atomic E-state index is 6.23. The van der Waals surface area contributed by atoms with Crippen LogP contribution < -0.4 is 9.47 Å². The summed E-state index contributed by atoms with van der Waals surface area (Å²) in [4.78, 5) is 9.80. The number of rotatable bonds is 3. The van der Waals surface area contributed by atoms with Gasteiger partial charge in [-0.2, -0.15) is 0 Å². The lowest BCUT2D eigenvalue weighted by molar-refractivity contribution is 0.415. The van der Waals surface area contributed by atoms with E-state index in [4.69, 9.17) is 21.1 Å². The number of hydrogen-bond acceptors (Lipinski definition) is 5. The Balaban J connectivity index is 2.16. The van der Waals surface area contributed by atoms with Crippen LogP contribution in [0.1, 0.15) is 0 Å².